The summed E-state index contributed by atoms with van der Waals surface area (Å²) >= 11 is 0. The number of rotatable bonds is 4. The van der Waals surface area contributed by atoms with Crippen LogP contribution in [-0.2, 0) is 10.0 Å². The number of hydrogen-bond donors (Lipinski definition) is 1. The summed E-state index contributed by atoms with van der Waals surface area (Å²) in [5, 5.41) is 9.08. The van der Waals surface area contributed by atoms with Crippen LogP contribution in [0.15, 0.2) is 47.4 Å². The van der Waals surface area contributed by atoms with Gasteiger partial charge in [0.25, 0.3) is 0 Å². The first kappa shape index (κ1) is 16.1. The Morgan fingerprint density at radius 1 is 1.14 bits per heavy atom. The fourth-order valence-electron chi connectivity index (χ4n) is 1.97. The Hall–Kier alpha value is -2.25. The van der Waals surface area contributed by atoms with E-state index in [1.165, 1.54) is 50.5 Å². The third kappa shape index (κ3) is 3.00. The van der Waals surface area contributed by atoms with Gasteiger partial charge in [-0.1, -0.05) is 12.1 Å². The van der Waals surface area contributed by atoms with E-state index in [2.05, 4.69) is 0 Å². The summed E-state index contributed by atoms with van der Waals surface area (Å²) in [5.41, 5.74) is 0.369. The monoisotopic (exact) mass is 323 g/mol. The van der Waals surface area contributed by atoms with Crippen LogP contribution >= 0.6 is 0 Å². The molecule has 7 heteroatoms. The smallest absolute Gasteiger partial charge is 0.335 e. The molecule has 0 spiro atoms. The molecule has 0 unspecified atom stereocenters. The van der Waals surface area contributed by atoms with Crippen molar-refractivity contribution in [1.82, 2.24) is 4.31 Å². The zero-order valence-electron chi connectivity index (χ0n) is 11.9. The third-order valence-electron chi connectivity index (χ3n) is 3.12. The van der Waals surface area contributed by atoms with Gasteiger partial charge < -0.3 is 5.11 Å². The van der Waals surface area contributed by atoms with E-state index in [0.29, 0.717) is 5.56 Å². The van der Waals surface area contributed by atoms with E-state index in [4.69, 9.17) is 5.11 Å². The van der Waals surface area contributed by atoms with Gasteiger partial charge in [0.2, 0.25) is 10.0 Å². The van der Waals surface area contributed by atoms with E-state index in [0.717, 1.165) is 10.4 Å². The standard InChI is InChI=1S/C15H14FNO4S/c1-17(2)22(20,21)14-7-6-11(15(18)19)9-13(14)10-4-3-5-12(16)8-10/h3-9H,1-2H3,(H,18,19). The number of hydrogen-bond acceptors (Lipinski definition) is 3. The maximum atomic E-state index is 13.4. The molecule has 0 aromatic heterocycles. The van der Waals surface area contributed by atoms with Gasteiger partial charge in [0, 0.05) is 19.7 Å². The zero-order chi connectivity index (χ0) is 16.5. The lowest BCUT2D eigenvalue weighted by Gasteiger charge is -2.16. The summed E-state index contributed by atoms with van der Waals surface area (Å²) in [6.45, 7) is 0. The molecule has 0 fully saturated rings. The molecule has 0 saturated heterocycles. The maximum absolute atomic E-state index is 13.4. The van der Waals surface area contributed by atoms with E-state index in [1.807, 2.05) is 0 Å². The molecule has 2 aromatic carbocycles. The number of halogens is 1. The van der Waals surface area contributed by atoms with Gasteiger partial charge in [0.1, 0.15) is 5.82 Å². The molecule has 0 aliphatic rings. The van der Waals surface area contributed by atoms with Crippen LogP contribution in [0.5, 0.6) is 0 Å². The van der Waals surface area contributed by atoms with Crippen LogP contribution in [-0.4, -0.2) is 37.9 Å². The highest BCUT2D eigenvalue weighted by Gasteiger charge is 2.23. The molecular weight excluding hydrogens is 309 g/mol. The van der Waals surface area contributed by atoms with Gasteiger partial charge in [-0.3, -0.25) is 0 Å². The molecule has 1 N–H and O–H groups in total. The highest BCUT2D eigenvalue weighted by Crippen LogP contribution is 2.30. The number of carboxylic acids is 1. The minimum Gasteiger partial charge on any atom is -0.478 e. The fourth-order valence-corrected chi connectivity index (χ4v) is 3.05. The topological polar surface area (TPSA) is 74.7 Å². The average molecular weight is 323 g/mol. The first-order valence-electron chi connectivity index (χ1n) is 6.29. The van der Waals surface area contributed by atoms with Gasteiger partial charge >= 0.3 is 5.97 Å². The molecule has 0 amide bonds. The van der Waals surface area contributed by atoms with Crippen molar-refractivity contribution in [2.45, 2.75) is 4.90 Å². The molecule has 0 bridgehead atoms. The first-order chi connectivity index (χ1) is 10.2. The number of carbonyl (C=O) groups is 1. The second kappa shape index (κ2) is 5.86. The Kier molecular flexibility index (Phi) is 4.30. The Labute approximate surface area is 127 Å². The lowest BCUT2D eigenvalue weighted by atomic mass is 10.0. The lowest BCUT2D eigenvalue weighted by molar-refractivity contribution is 0.0697. The average Bonchev–Trinajstić information content (AvgIpc) is 2.46. The highest BCUT2D eigenvalue weighted by atomic mass is 32.2. The first-order valence-corrected chi connectivity index (χ1v) is 7.73. The molecule has 0 aliphatic heterocycles. The van der Waals surface area contributed by atoms with Crippen molar-refractivity contribution in [3.05, 3.63) is 53.8 Å². The normalized spacial score (nSPS) is 11.6. The van der Waals surface area contributed by atoms with Gasteiger partial charge in [-0.05, 0) is 35.9 Å². The van der Waals surface area contributed by atoms with Crippen molar-refractivity contribution < 1.29 is 22.7 Å². The van der Waals surface area contributed by atoms with Crippen molar-refractivity contribution >= 4 is 16.0 Å². The Balaban J connectivity index is 2.78. The van der Waals surface area contributed by atoms with Gasteiger partial charge in [-0.15, -0.1) is 0 Å². The Morgan fingerprint density at radius 3 is 2.36 bits per heavy atom. The fraction of sp³-hybridized carbons (Fsp3) is 0.133. The van der Waals surface area contributed by atoms with Crippen molar-refractivity contribution in [2.24, 2.45) is 0 Å². The molecule has 0 saturated carbocycles. The largest absolute Gasteiger partial charge is 0.478 e. The van der Waals surface area contributed by atoms with E-state index in [1.54, 1.807) is 0 Å². The summed E-state index contributed by atoms with van der Waals surface area (Å²) in [5.74, 6) is -1.72. The summed E-state index contributed by atoms with van der Waals surface area (Å²) in [4.78, 5) is 11.0. The molecule has 116 valence electrons. The summed E-state index contributed by atoms with van der Waals surface area (Å²) < 4.78 is 39.2. The van der Waals surface area contributed by atoms with E-state index >= 15 is 0 Å². The quantitative estimate of drug-likeness (QED) is 0.938. The zero-order valence-corrected chi connectivity index (χ0v) is 12.8. The molecule has 5 nitrogen and oxygen atoms in total. The van der Waals surface area contributed by atoms with Gasteiger partial charge in [-0.2, -0.15) is 0 Å². The van der Waals surface area contributed by atoms with Crippen molar-refractivity contribution in [2.75, 3.05) is 14.1 Å². The predicted octanol–water partition coefficient (Wildman–Crippen LogP) is 2.44. The second-order valence-corrected chi connectivity index (χ2v) is 6.93. The van der Waals surface area contributed by atoms with Crippen LogP contribution in [0.2, 0.25) is 0 Å². The van der Waals surface area contributed by atoms with Gasteiger partial charge in [0.15, 0.2) is 0 Å². The molecule has 0 heterocycles. The maximum Gasteiger partial charge on any atom is 0.335 e. The molecule has 2 rings (SSSR count). The second-order valence-electron chi connectivity index (χ2n) is 4.81. The van der Waals surface area contributed by atoms with Crippen LogP contribution in [0.3, 0.4) is 0 Å². The molecule has 2 aromatic rings. The molecule has 0 radical (unpaired) electrons. The van der Waals surface area contributed by atoms with Crippen molar-refractivity contribution in [3.63, 3.8) is 0 Å². The lowest BCUT2D eigenvalue weighted by Crippen LogP contribution is -2.23. The van der Waals surface area contributed by atoms with Crippen LogP contribution in [0.4, 0.5) is 4.39 Å². The van der Waals surface area contributed by atoms with Crippen molar-refractivity contribution in [1.29, 1.82) is 0 Å². The molecule has 0 aliphatic carbocycles. The van der Waals surface area contributed by atoms with Crippen LogP contribution in [0.1, 0.15) is 10.4 Å². The third-order valence-corrected chi connectivity index (χ3v) is 4.99. The minimum absolute atomic E-state index is 0.0723. The Morgan fingerprint density at radius 2 is 1.82 bits per heavy atom. The van der Waals surface area contributed by atoms with Crippen LogP contribution in [0.25, 0.3) is 11.1 Å². The highest BCUT2D eigenvalue weighted by molar-refractivity contribution is 7.89. The van der Waals surface area contributed by atoms with E-state index < -0.39 is 21.8 Å². The SMILES string of the molecule is CN(C)S(=O)(=O)c1ccc(C(=O)O)cc1-c1cccc(F)c1. The number of aromatic carboxylic acids is 1. The number of nitrogens with zero attached hydrogens (tertiary/aromatic N) is 1. The van der Waals surface area contributed by atoms with Crippen molar-refractivity contribution in [3.8, 4) is 11.1 Å². The molecule has 0 atom stereocenters. The Bertz CT molecular complexity index is 831. The summed E-state index contributed by atoms with van der Waals surface area (Å²) in [6, 6.07) is 9.01. The number of sulfonamides is 1. The van der Waals surface area contributed by atoms with Gasteiger partial charge in [-0.25, -0.2) is 21.9 Å². The summed E-state index contributed by atoms with van der Waals surface area (Å²) in [7, 11) is -1.05. The predicted molar refractivity (Wildman–Crippen MR) is 79.7 cm³/mol. The summed E-state index contributed by atoms with van der Waals surface area (Å²) in [6.07, 6.45) is 0. The minimum atomic E-state index is -3.79. The van der Waals surface area contributed by atoms with Crippen LogP contribution in [0, 0.1) is 5.82 Å². The van der Waals surface area contributed by atoms with E-state index in [9.17, 15) is 17.6 Å². The molecular formula is C15H14FNO4S. The number of carboxylic acid groups (broad SMARTS) is 1. The van der Waals surface area contributed by atoms with E-state index in [-0.39, 0.29) is 16.0 Å². The van der Waals surface area contributed by atoms with Crippen LogP contribution < -0.4 is 0 Å². The molecule has 22 heavy (non-hydrogen) atoms. The number of benzene rings is 2. The van der Waals surface area contributed by atoms with Gasteiger partial charge in [0.05, 0.1) is 10.5 Å².